The molecule has 2 aliphatic rings. The van der Waals surface area contributed by atoms with E-state index in [4.69, 9.17) is 4.43 Å². The van der Waals surface area contributed by atoms with Crippen molar-refractivity contribution >= 4 is 8.32 Å². The lowest BCUT2D eigenvalue weighted by molar-refractivity contribution is 0.103. The molecular formula is C20H34N2OSi. The van der Waals surface area contributed by atoms with Crippen molar-refractivity contribution in [2.24, 2.45) is 5.92 Å². The molecule has 0 bridgehead atoms. The molecule has 0 unspecified atom stereocenters. The lowest BCUT2D eigenvalue weighted by Crippen LogP contribution is -2.47. The predicted octanol–water partition coefficient (Wildman–Crippen LogP) is 4.43. The molecule has 0 amide bonds. The van der Waals surface area contributed by atoms with Gasteiger partial charge in [0.25, 0.3) is 0 Å². The average molecular weight is 347 g/mol. The SMILES string of the molecule is C[Si](C)(C)Oc1ccc([C@H](C2CCCCC2)N2CCNCC2)cc1. The Balaban J connectivity index is 1.78. The highest BCUT2D eigenvalue weighted by molar-refractivity contribution is 6.70. The van der Waals surface area contributed by atoms with Crippen molar-refractivity contribution < 1.29 is 4.43 Å². The minimum Gasteiger partial charge on any atom is -0.544 e. The molecule has 24 heavy (non-hydrogen) atoms. The first-order valence-electron chi connectivity index (χ1n) is 9.77. The Morgan fingerprint density at radius 1 is 1.00 bits per heavy atom. The third kappa shape index (κ3) is 4.84. The molecule has 1 aromatic carbocycles. The molecule has 1 aliphatic carbocycles. The monoisotopic (exact) mass is 346 g/mol. The molecule has 0 spiro atoms. The zero-order valence-corrected chi connectivity index (χ0v) is 16.7. The maximum atomic E-state index is 6.14. The van der Waals surface area contributed by atoms with E-state index in [1.165, 1.54) is 50.8 Å². The van der Waals surface area contributed by atoms with Crippen LogP contribution in [0.4, 0.5) is 0 Å². The fraction of sp³-hybridized carbons (Fsp3) is 0.700. The molecule has 1 saturated carbocycles. The largest absolute Gasteiger partial charge is 0.544 e. The van der Waals surface area contributed by atoms with E-state index >= 15 is 0 Å². The summed E-state index contributed by atoms with van der Waals surface area (Å²) in [6, 6.07) is 9.65. The summed E-state index contributed by atoms with van der Waals surface area (Å²) in [6.07, 6.45) is 7.02. The van der Waals surface area contributed by atoms with E-state index in [0.717, 1.165) is 24.8 Å². The topological polar surface area (TPSA) is 24.5 Å². The Hall–Kier alpha value is -0.843. The van der Waals surface area contributed by atoms with E-state index in [9.17, 15) is 0 Å². The number of rotatable bonds is 5. The molecule has 1 aromatic rings. The fourth-order valence-electron chi connectivity index (χ4n) is 4.28. The summed E-state index contributed by atoms with van der Waals surface area (Å²) in [7, 11) is -1.53. The van der Waals surface area contributed by atoms with Gasteiger partial charge in [0.1, 0.15) is 5.75 Å². The van der Waals surface area contributed by atoms with Crippen LogP contribution in [0.3, 0.4) is 0 Å². The number of piperazine rings is 1. The molecule has 4 heteroatoms. The third-order valence-corrected chi connectivity index (χ3v) is 6.14. The highest BCUT2D eigenvalue weighted by Crippen LogP contribution is 2.39. The average Bonchev–Trinajstić information content (AvgIpc) is 2.57. The molecule has 1 N–H and O–H groups in total. The van der Waals surface area contributed by atoms with E-state index in [2.05, 4.69) is 54.1 Å². The number of nitrogens with one attached hydrogen (secondary N) is 1. The standard InChI is InChI=1S/C20H34N2OSi/c1-24(2,3)23-19-11-9-18(10-12-19)20(17-7-5-4-6-8-17)22-15-13-21-14-16-22/h9-12,17,20-21H,4-8,13-16H2,1-3H3/t20-/m0/s1. The van der Waals surface area contributed by atoms with Gasteiger partial charge in [0.15, 0.2) is 0 Å². The van der Waals surface area contributed by atoms with E-state index < -0.39 is 8.32 Å². The first-order chi connectivity index (χ1) is 11.5. The maximum Gasteiger partial charge on any atom is 0.242 e. The summed E-state index contributed by atoms with van der Waals surface area (Å²) in [5.41, 5.74) is 1.49. The minimum atomic E-state index is -1.53. The van der Waals surface area contributed by atoms with Crippen molar-refractivity contribution in [1.29, 1.82) is 0 Å². The molecule has 3 rings (SSSR count). The molecule has 1 atom stereocenters. The Morgan fingerprint density at radius 3 is 2.21 bits per heavy atom. The van der Waals surface area contributed by atoms with Crippen molar-refractivity contribution in [3.63, 3.8) is 0 Å². The highest BCUT2D eigenvalue weighted by atomic mass is 28.4. The van der Waals surface area contributed by atoms with E-state index in [1.807, 2.05) is 0 Å². The van der Waals surface area contributed by atoms with Crippen molar-refractivity contribution in [3.8, 4) is 5.75 Å². The molecule has 2 fully saturated rings. The molecule has 134 valence electrons. The number of hydrogen-bond acceptors (Lipinski definition) is 3. The third-order valence-electron chi connectivity index (χ3n) is 5.29. The second kappa shape index (κ2) is 8.02. The van der Waals surface area contributed by atoms with Crippen LogP contribution in [0.2, 0.25) is 19.6 Å². The van der Waals surface area contributed by atoms with Gasteiger partial charge in [-0.15, -0.1) is 0 Å². The summed E-state index contributed by atoms with van der Waals surface area (Å²) in [6.45, 7) is 11.3. The van der Waals surface area contributed by atoms with Gasteiger partial charge in [-0.1, -0.05) is 31.4 Å². The van der Waals surface area contributed by atoms with Crippen LogP contribution in [0.15, 0.2) is 24.3 Å². The molecule has 1 saturated heterocycles. The van der Waals surface area contributed by atoms with Crippen molar-refractivity contribution in [2.75, 3.05) is 26.2 Å². The first kappa shape index (κ1) is 18.0. The van der Waals surface area contributed by atoms with Crippen LogP contribution in [-0.2, 0) is 0 Å². The number of benzene rings is 1. The van der Waals surface area contributed by atoms with Gasteiger partial charge < -0.3 is 9.74 Å². The van der Waals surface area contributed by atoms with Gasteiger partial charge in [-0.2, -0.15) is 0 Å². The van der Waals surface area contributed by atoms with Gasteiger partial charge >= 0.3 is 0 Å². The van der Waals surface area contributed by atoms with Crippen LogP contribution in [0.25, 0.3) is 0 Å². The van der Waals surface area contributed by atoms with Crippen LogP contribution in [0, 0.1) is 5.92 Å². The van der Waals surface area contributed by atoms with Gasteiger partial charge in [-0.25, -0.2) is 0 Å². The summed E-state index contributed by atoms with van der Waals surface area (Å²) < 4.78 is 6.14. The second-order valence-electron chi connectivity index (χ2n) is 8.41. The van der Waals surface area contributed by atoms with Crippen molar-refractivity contribution in [3.05, 3.63) is 29.8 Å². The Morgan fingerprint density at radius 2 is 1.62 bits per heavy atom. The molecule has 1 heterocycles. The van der Waals surface area contributed by atoms with Crippen LogP contribution in [0.5, 0.6) is 5.75 Å². The molecular weight excluding hydrogens is 312 g/mol. The zero-order valence-electron chi connectivity index (χ0n) is 15.7. The zero-order chi connectivity index (χ0) is 17.0. The highest BCUT2D eigenvalue weighted by Gasteiger charge is 2.31. The first-order valence-corrected chi connectivity index (χ1v) is 13.2. The van der Waals surface area contributed by atoms with E-state index in [0.29, 0.717) is 6.04 Å². The summed E-state index contributed by atoms with van der Waals surface area (Å²) in [5, 5.41) is 3.50. The summed E-state index contributed by atoms with van der Waals surface area (Å²) >= 11 is 0. The Kier molecular flexibility index (Phi) is 6.01. The van der Waals surface area contributed by atoms with Gasteiger partial charge in [0, 0.05) is 32.2 Å². The lowest BCUT2D eigenvalue weighted by Gasteiger charge is -2.41. The quantitative estimate of drug-likeness (QED) is 0.798. The predicted molar refractivity (Wildman–Crippen MR) is 104 cm³/mol. The molecule has 0 aromatic heterocycles. The van der Waals surface area contributed by atoms with E-state index in [1.54, 1.807) is 0 Å². The second-order valence-corrected chi connectivity index (χ2v) is 12.8. The molecule has 3 nitrogen and oxygen atoms in total. The fourth-order valence-corrected chi connectivity index (χ4v) is 5.12. The number of hydrogen-bond donors (Lipinski definition) is 1. The molecule has 1 aliphatic heterocycles. The lowest BCUT2D eigenvalue weighted by atomic mass is 9.80. The van der Waals surface area contributed by atoms with Gasteiger partial charge in [-0.05, 0) is 56.1 Å². The van der Waals surface area contributed by atoms with Crippen molar-refractivity contribution in [2.45, 2.75) is 57.8 Å². The van der Waals surface area contributed by atoms with Crippen LogP contribution in [-0.4, -0.2) is 39.4 Å². The van der Waals surface area contributed by atoms with Gasteiger partial charge in [0.05, 0.1) is 0 Å². The Bertz CT molecular complexity index is 481. The van der Waals surface area contributed by atoms with Gasteiger partial charge in [-0.3, -0.25) is 4.90 Å². The van der Waals surface area contributed by atoms with E-state index in [-0.39, 0.29) is 0 Å². The maximum absolute atomic E-state index is 6.14. The van der Waals surface area contributed by atoms with Crippen LogP contribution >= 0.6 is 0 Å². The van der Waals surface area contributed by atoms with Gasteiger partial charge in [0.2, 0.25) is 8.32 Å². The minimum absolute atomic E-state index is 0.591. The van der Waals surface area contributed by atoms with Crippen LogP contribution in [0.1, 0.15) is 43.7 Å². The molecule has 0 radical (unpaired) electrons. The number of nitrogens with zero attached hydrogens (tertiary/aromatic N) is 1. The normalized spacial score (nSPS) is 22.3. The van der Waals surface area contributed by atoms with Crippen LogP contribution < -0.4 is 9.74 Å². The smallest absolute Gasteiger partial charge is 0.242 e. The summed E-state index contributed by atoms with van der Waals surface area (Å²) in [5.74, 6) is 1.86. The Labute approximate surface area is 148 Å². The van der Waals surface area contributed by atoms with Crippen molar-refractivity contribution in [1.82, 2.24) is 10.2 Å². The summed E-state index contributed by atoms with van der Waals surface area (Å²) in [4.78, 5) is 2.72.